The third-order valence-corrected chi connectivity index (χ3v) is 21.1. The number of rotatable bonds is 12. The molecule has 101 heavy (non-hydrogen) atoms. The zero-order valence-electron chi connectivity index (χ0n) is 56.6. The summed E-state index contributed by atoms with van der Waals surface area (Å²) in [4.78, 5) is 110. The summed E-state index contributed by atoms with van der Waals surface area (Å²) in [5, 5.41) is 38.1. The number of carboxylic acid groups (broad SMARTS) is 1. The third kappa shape index (κ3) is 16.9. The number of aromatic amines is 5. The molecule has 10 aromatic rings. The van der Waals surface area contributed by atoms with E-state index in [1.165, 1.54) is 12.8 Å². The largest absolute Gasteiger partial charge is 0.480 e. The topological polar surface area (TPSA) is 297 Å². The molecule has 0 aliphatic carbocycles. The number of nitrogens with zero attached hydrogens (tertiary/aromatic N) is 7. The highest BCUT2D eigenvalue weighted by molar-refractivity contribution is 5.89. The van der Waals surface area contributed by atoms with Crippen molar-refractivity contribution in [2.45, 2.75) is 129 Å². The molecule has 23 heteroatoms. The average molecular weight is 1370 g/mol. The van der Waals surface area contributed by atoms with Crippen LogP contribution in [-0.2, 0) is 22.4 Å². The number of amides is 5. The second-order valence-electron chi connectivity index (χ2n) is 27.6. The lowest BCUT2D eigenvalue weighted by Gasteiger charge is -2.43. The standard InChI is InChI=1S/C36H46N8O3.C26H27N5O4.C14H16N2O.2CH4/c1-24-19-25(20-28-23-37-40-33(24)28)21-32(35(46)43-17-15-42(16-18-43)29-9-11-41(2)12-10-29)39-36(47)44-13-7-26(8-14-44)30-22-27-5-3-4-6-31(27)38-34(30)45;1-15-10-16(11-19-14-27-30-23(15)19)12-22(25(33)34)29-26(35)31-8-6-17(7-9-31)20-13-18-4-2-3-5-21(18)28-24(20)32;17-14-12(10-5-7-15-8-6-10)9-11-3-1-2-4-13(11)16-14;;/h3-6,19-20,22-23,26,29,32H,7-18,21H2,1-2H3,(H,37,40)(H,38,45)(H,39,47);2-5,10-11,13-14,17,22H,6-9,12H2,1H3,(H,27,30)(H,28,32)(H,29,35)(H,33,34);1-4,9-10,15H,5-8H2,(H,16,17);2*1H4/t32-;22-;;;/m11.../s1. The molecule has 0 radical (unpaired) electrons. The van der Waals surface area contributed by atoms with Crippen LogP contribution in [0, 0.1) is 13.8 Å². The second kappa shape index (κ2) is 32.6. The molecule has 9 N–H and O–H groups in total. The molecule has 5 amide bonds. The first-order chi connectivity index (χ1) is 48.0. The molecule has 10 heterocycles. The molecular weight excluding hydrogens is 1270 g/mol. The van der Waals surface area contributed by atoms with Gasteiger partial charge in [-0.2, -0.15) is 10.2 Å². The molecule has 5 aliphatic heterocycles. The molecule has 2 atom stereocenters. The van der Waals surface area contributed by atoms with Crippen molar-refractivity contribution in [1.29, 1.82) is 0 Å². The van der Waals surface area contributed by atoms with E-state index in [4.69, 9.17) is 0 Å². The molecule has 5 aromatic heterocycles. The van der Waals surface area contributed by atoms with Gasteiger partial charge in [0.25, 0.3) is 16.7 Å². The number of carboxylic acids is 1. The molecule has 5 aromatic carbocycles. The maximum atomic E-state index is 14.1. The smallest absolute Gasteiger partial charge is 0.326 e. The molecule has 5 aliphatic rings. The van der Waals surface area contributed by atoms with Crippen LogP contribution in [0.5, 0.6) is 0 Å². The summed E-state index contributed by atoms with van der Waals surface area (Å²) >= 11 is 0. The fourth-order valence-electron chi connectivity index (χ4n) is 15.4. The van der Waals surface area contributed by atoms with E-state index in [0.29, 0.717) is 83.3 Å². The average Bonchev–Trinajstić information content (AvgIpc) is 1.54. The van der Waals surface area contributed by atoms with Gasteiger partial charge in [-0.15, -0.1) is 0 Å². The summed E-state index contributed by atoms with van der Waals surface area (Å²) in [6.45, 7) is 13.3. The summed E-state index contributed by atoms with van der Waals surface area (Å²) in [5.74, 6) is -0.572. The summed E-state index contributed by atoms with van der Waals surface area (Å²) in [7, 11) is 2.18. The van der Waals surface area contributed by atoms with Crippen LogP contribution < -0.4 is 32.6 Å². The minimum absolute atomic E-state index is 0. The molecule has 23 nitrogen and oxygen atoms in total. The van der Waals surface area contributed by atoms with E-state index in [0.717, 1.165) is 146 Å². The van der Waals surface area contributed by atoms with E-state index < -0.39 is 24.1 Å². The van der Waals surface area contributed by atoms with Crippen LogP contribution in [0.2, 0.25) is 0 Å². The summed E-state index contributed by atoms with van der Waals surface area (Å²) in [6, 6.07) is 35.6. The van der Waals surface area contributed by atoms with E-state index in [-0.39, 0.29) is 61.7 Å². The van der Waals surface area contributed by atoms with Crippen molar-refractivity contribution in [3.8, 4) is 0 Å². The minimum Gasteiger partial charge on any atom is -0.480 e. The van der Waals surface area contributed by atoms with E-state index in [2.05, 4.69) is 92.4 Å². The number of piperazine rings is 1. The summed E-state index contributed by atoms with van der Waals surface area (Å²) in [6.07, 6.45) is 11.2. The Balaban J connectivity index is 0.000000166. The van der Waals surface area contributed by atoms with Crippen molar-refractivity contribution < 1.29 is 24.3 Å². The van der Waals surface area contributed by atoms with Crippen LogP contribution in [0.25, 0.3) is 54.5 Å². The highest BCUT2D eigenvalue weighted by Crippen LogP contribution is 2.31. The Hall–Kier alpha value is -9.97. The maximum Gasteiger partial charge on any atom is 0.326 e. The van der Waals surface area contributed by atoms with Gasteiger partial charge in [0.05, 0.1) is 23.4 Å². The molecule has 5 saturated heterocycles. The Morgan fingerprint density at radius 1 is 0.485 bits per heavy atom. The number of aromatic nitrogens is 7. The lowest BCUT2D eigenvalue weighted by molar-refractivity contribution is -0.139. The van der Waals surface area contributed by atoms with E-state index in [1.54, 1.807) is 22.2 Å². The number of likely N-dealkylation sites (tertiary alicyclic amines) is 3. The zero-order valence-corrected chi connectivity index (χ0v) is 56.6. The van der Waals surface area contributed by atoms with Crippen LogP contribution in [-0.4, -0.2) is 193 Å². The molecule has 0 spiro atoms. The van der Waals surface area contributed by atoms with Gasteiger partial charge in [-0.05, 0) is 203 Å². The highest BCUT2D eigenvalue weighted by atomic mass is 16.4. The molecule has 532 valence electrons. The maximum absolute atomic E-state index is 14.1. The number of carbonyl (C=O) groups excluding carboxylic acids is 3. The number of hydrogen-bond donors (Lipinski definition) is 9. The van der Waals surface area contributed by atoms with Crippen LogP contribution >= 0.6 is 0 Å². The molecule has 0 unspecified atom stereocenters. The van der Waals surface area contributed by atoms with Crippen molar-refractivity contribution >= 4 is 78.5 Å². The molecule has 5 fully saturated rings. The highest BCUT2D eigenvalue weighted by Gasteiger charge is 2.35. The number of carbonyl (C=O) groups is 4. The van der Waals surface area contributed by atoms with Crippen molar-refractivity contribution in [3.05, 3.63) is 198 Å². The lowest BCUT2D eigenvalue weighted by atomic mass is 9.89. The van der Waals surface area contributed by atoms with Gasteiger partial charge in [0, 0.05) is 115 Å². The Morgan fingerprint density at radius 2 is 0.881 bits per heavy atom. The van der Waals surface area contributed by atoms with Crippen molar-refractivity contribution in [1.82, 2.24) is 75.8 Å². The Morgan fingerprint density at radius 3 is 1.31 bits per heavy atom. The van der Waals surface area contributed by atoms with Gasteiger partial charge < -0.3 is 55.6 Å². The van der Waals surface area contributed by atoms with Gasteiger partial charge >= 0.3 is 18.0 Å². The summed E-state index contributed by atoms with van der Waals surface area (Å²) in [5.41, 5.74) is 10.7. The monoisotopic (exact) mass is 1370 g/mol. The van der Waals surface area contributed by atoms with E-state index in [9.17, 15) is 38.7 Å². The quantitative estimate of drug-likeness (QED) is 0.0551. The van der Waals surface area contributed by atoms with Crippen molar-refractivity contribution in [2.24, 2.45) is 0 Å². The van der Waals surface area contributed by atoms with Crippen LogP contribution in [0.3, 0.4) is 0 Å². The number of para-hydroxylation sites is 3. The van der Waals surface area contributed by atoms with Crippen LogP contribution in [0.4, 0.5) is 9.59 Å². The predicted molar refractivity (Wildman–Crippen MR) is 399 cm³/mol. The normalized spacial score (nSPS) is 17.5. The number of aliphatic carboxylic acids is 1. The number of fused-ring (bicyclic) bond motifs is 5. The fraction of sp³-hybridized carbons (Fsp3) is 0.423. The van der Waals surface area contributed by atoms with Gasteiger partial charge in [-0.1, -0.05) is 81.6 Å². The number of nitrogens with one attached hydrogen (secondary N) is 8. The van der Waals surface area contributed by atoms with Gasteiger partial charge in [-0.25, -0.2) is 14.4 Å². The Labute approximate surface area is 587 Å². The lowest BCUT2D eigenvalue weighted by Crippen LogP contribution is -2.59. The molecule has 15 rings (SSSR count). The first-order valence-corrected chi connectivity index (χ1v) is 35.0. The van der Waals surface area contributed by atoms with E-state index >= 15 is 0 Å². The van der Waals surface area contributed by atoms with Gasteiger partial charge in [0.1, 0.15) is 12.1 Å². The zero-order chi connectivity index (χ0) is 68.7. The van der Waals surface area contributed by atoms with Gasteiger partial charge in [0.15, 0.2) is 0 Å². The fourth-order valence-corrected chi connectivity index (χ4v) is 15.4. The SMILES string of the molecule is C.C.Cc1cc(C[C@@H](NC(=O)N2CCC(c3cc4ccccc4[nH]c3=O)CC2)C(=O)N2CCN(C3CCN(C)CC3)CC2)cc2cn[nH]c12.Cc1cc(C[C@@H](NC(=O)N2CCC(c3cc4ccccc4[nH]c3=O)CC2)C(=O)O)cc2cn[nH]c12.O=c1[nH]c2ccccc2cc1C1CCNCC1. The number of urea groups is 2. The number of piperidine rings is 4. The first kappa shape index (κ1) is 72.3. The first-order valence-electron chi connectivity index (χ1n) is 35.0. The van der Waals surface area contributed by atoms with Crippen molar-refractivity contribution in [3.63, 3.8) is 0 Å². The molecule has 0 bridgehead atoms. The number of benzene rings is 5. The van der Waals surface area contributed by atoms with E-state index in [1.807, 2.05) is 110 Å². The second-order valence-corrected chi connectivity index (χ2v) is 27.6. The number of aryl methyl sites for hydroxylation is 2. The van der Waals surface area contributed by atoms with Crippen molar-refractivity contribution in [2.75, 3.05) is 85.6 Å². The molecular formula is C78H97N15O8. The number of pyridine rings is 3. The number of hydrogen-bond acceptors (Lipinski definition) is 12. The summed E-state index contributed by atoms with van der Waals surface area (Å²) < 4.78 is 0. The van der Waals surface area contributed by atoms with Crippen LogP contribution in [0.1, 0.15) is 123 Å². The minimum atomic E-state index is -1.08. The number of H-pyrrole nitrogens is 5. The molecule has 0 saturated carbocycles. The third-order valence-electron chi connectivity index (χ3n) is 21.1. The predicted octanol–water partition coefficient (Wildman–Crippen LogP) is 10.0. The van der Waals surface area contributed by atoms with Gasteiger partial charge in [0.2, 0.25) is 5.91 Å². The Bertz CT molecular complexity index is 4730. The Kier molecular flexibility index (Phi) is 23.3. The van der Waals surface area contributed by atoms with Crippen LogP contribution in [0.15, 0.2) is 142 Å². The van der Waals surface area contributed by atoms with Gasteiger partial charge in [-0.3, -0.25) is 34.3 Å².